The summed E-state index contributed by atoms with van der Waals surface area (Å²) in [6.45, 7) is 11.8. The summed E-state index contributed by atoms with van der Waals surface area (Å²) in [6.07, 6.45) is 0. The van der Waals surface area contributed by atoms with E-state index < -0.39 is 7.44 Å². The average molecular weight is 264 g/mol. The highest BCUT2D eigenvalue weighted by atomic mass is 31.2. The van der Waals surface area contributed by atoms with Crippen LogP contribution < -0.4 is 0 Å². The molecule has 102 valence electrons. The third-order valence-electron chi connectivity index (χ3n) is 3.02. The fourth-order valence-electron chi connectivity index (χ4n) is 2.03. The molecule has 17 heavy (non-hydrogen) atoms. The molecule has 0 aromatic heterocycles. The number of morpholine rings is 2. The lowest BCUT2D eigenvalue weighted by Gasteiger charge is -2.40. The van der Waals surface area contributed by atoms with E-state index in [1.165, 1.54) is 0 Å². The predicted octanol–water partition coefficient (Wildman–Crippen LogP) is 1.50. The summed E-state index contributed by atoms with van der Waals surface area (Å²) in [7, 11) is -2.34. The SMILES string of the molecule is CC.CP(=O)(N1CCOCC1)N1CCOCC1. The maximum Gasteiger partial charge on any atom is 0.213 e. The van der Waals surface area contributed by atoms with Crippen molar-refractivity contribution < 1.29 is 14.0 Å². The van der Waals surface area contributed by atoms with E-state index in [2.05, 4.69) is 9.34 Å². The van der Waals surface area contributed by atoms with E-state index in [0.29, 0.717) is 26.4 Å². The average Bonchev–Trinajstić information content (AvgIpc) is 2.43. The summed E-state index contributed by atoms with van der Waals surface area (Å²) < 4.78 is 27.4. The Hall–Kier alpha value is 0.0700. The van der Waals surface area contributed by atoms with Gasteiger partial charge in [0.25, 0.3) is 0 Å². The van der Waals surface area contributed by atoms with Gasteiger partial charge in [-0.3, -0.25) is 4.57 Å². The molecule has 2 aliphatic rings. The van der Waals surface area contributed by atoms with E-state index >= 15 is 0 Å². The molecule has 2 heterocycles. The van der Waals surface area contributed by atoms with Gasteiger partial charge in [0, 0.05) is 32.8 Å². The Morgan fingerprint density at radius 3 is 1.41 bits per heavy atom. The van der Waals surface area contributed by atoms with Crippen molar-refractivity contribution in [3.8, 4) is 0 Å². The van der Waals surface area contributed by atoms with Crippen molar-refractivity contribution in [2.75, 3.05) is 59.3 Å². The monoisotopic (exact) mass is 264 g/mol. The fraction of sp³-hybridized carbons (Fsp3) is 1.00. The van der Waals surface area contributed by atoms with E-state index in [-0.39, 0.29) is 0 Å². The van der Waals surface area contributed by atoms with E-state index in [9.17, 15) is 4.57 Å². The lowest BCUT2D eigenvalue weighted by molar-refractivity contribution is 0.0531. The van der Waals surface area contributed by atoms with Gasteiger partial charge in [0.15, 0.2) is 0 Å². The van der Waals surface area contributed by atoms with Crippen LogP contribution in [0.2, 0.25) is 0 Å². The van der Waals surface area contributed by atoms with Gasteiger partial charge in [-0.05, 0) is 0 Å². The highest BCUT2D eigenvalue weighted by molar-refractivity contribution is 7.58. The molecule has 2 rings (SSSR count). The zero-order chi connectivity index (χ0) is 12.7. The molecule has 2 aliphatic heterocycles. The molecule has 0 amide bonds. The largest absolute Gasteiger partial charge is 0.379 e. The molecule has 2 saturated heterocycles. The molecule has 0 atom stereocenters. The third kappa shape index (κ3) is 4.04. The molecule has 0 saturated carbocycles. The van der Waals surface area contributed by atoms with Gasteiger partial charge in [0.05, 0.1) is 26.4 Å². The molecule has 0 unspecified atom stereocenters. The maximum absolute atomic E-state index is 12.7. The number of rotatable bonds is 2. The van der Waals surface area contributed by atoms with Crippen LogP contribution in [0.15, 0.2) is 0 Å². The summed E-state index contributed by atoms with van der Waals surface area (Å²) in [5.74, 6) is 0. The Morgan fingerprint density at radius 2 is 1.12 bits per heavy atom. The third-order valence-corrected chi connectivity index (χ3v) is 5.92. The molecule has 0 aliphatic carbocycles. The maximum atomic E-state index is 12.7. The Morgan fingerprint density at radius 1 is 0.824 bits per heavy atom. The Kier molecular flexibility index (Phi) is 6.67. The van der Waals surface area contributed by atoms with Crippen LogP contribution in [-0.2, 0) is 14.0 Å². The van der Waals surface area contributed by atoms with Crippen LogP contribution in [0.4, 0.5) is 0 Å². The molecule has 0 aromatic rings. The van der Waals surface area contributed by atoms with Gasteiger partial charge in [-0.1, -0.05) is 13.8 Å². The van der Waals surface area contributed by atoms with Crippen LogP contribution >= 0.6 is 7.44 Å². The van der Waals surface area contributed by atoms with Gasteiger partial charge >= 0.3 is 0 Å². The molecular weight excluding hydrogens is 239 g/mol. The standard InChI is InChI=1S/C9H19N2O3P.C2H6/c1-15(12,10-2-6-13-7-3-10)11-4-8-14-9-5-11;1-2/h2-9H2,1H3;1-2H3. The smallest absolute Gasteiger partial charge is 0.213 e. The molecule has 0 N–H and O–H groups in total. The van der Waals surface area contributed by atoms with Crippen LogP contribution in [0.5, 0.6) is 0 Å². The van der Waals surface area contributed by atoms with Gasteiger partial charge in [-0.15, -0.1) is 0 Å². The van der Waals surface area contributed by atoms with Gasteiger partial charge in [0.2, 0.25) is 7.44 Å². The summed E-state index contributed by atoms with van der Waals surface area (Å²) in [5.41, 5.74) is 0. The molecule has 5 nitrogen and oxygen atoms in total. The number of nitrogens with zero attached hydrogens (tertiary/aromatic N) is 2. The molecule has 6 heteroatoms. The van der Waals surface area contributed by atoms with Crippen LogP contribution in [0.25, 0.3) is 0 Å². The van der Waals surface area contributed by atoms with E-state index in [1.807, 2.05) is 20.5 Å². The lowest BCUT2D eigenvalue weighted by Crippen LogP contribution is -2.42. The summed E-state index contributed by atoms with van der Waals surface area (Å²) in [6, 6.07) is 0. The molecule has 0 radical (unpaired) electrons. The Bertz CT molecular complexity index is 229. The second-order valence-electron chi connectivity index (χ2n) is 3.97. The first-order valence-electron chi connectivity index (χ1n) is 6.45. The Balaban J connectivity index is 0.000000686. The van der Waals surface area contributed by atoms with Crippen molar-refractivity contribution >= 4 is 7.44 Å². The molecule has 0 spiro atoms. The van der Waals surface area contributed by atoms with Gasteiger partial charge in [-0.25, -0.2) is 9.34 Å². The van der Waals surface area contributed by atoms with Crippen molar-refractivity contribution in [2.45, 2.75) is 13.8 Å². The van der Waals surface area contributed by atoms with E-state index in [4.69, 9.17) is 9.47 Å². The van der Waals surface area contributed by atoms with Crippen molar-refractivity contribution in [3.63, 3.8) is 0 Å². The lowest BCUT2D eigenvalue weighted by atomic mass is 10.5. The first-order valence-corrected chi connectivity index (χ1v) is 8.51. The minimum absolute atomic E-state index is 0.697. The quantitative estimate of drug-likeness (QED) is 0.707. The highest BCUT2D eigenvalue weighted by Gasteiger charge is 2.33. The van der Waals surface area contributed by atoms with Crippen LogP contribution in [0.1, 0.15) is 13.8 Å². The van der Waals surface area contributed by atoms with Crippen LogP contribution in [0, 0.1) is 0 Å². The Labute approximate surface area is 105 Å². The second kappa shape index (κ2) is 7.49. The first-order chi connectivity index (χ1) is 8.21. The van der Waals surface area contributed by atoms with Crippen LogP contribution in [0.3, 0.4) is 0 Å². The summed E-state index contributed by atoms with van der Waals surface area (Å²) in [4.78, 5) is 0. The minimum atomic E-state index is -2.34. The van der Waals surface area contributed by atoms with Crippen molar-refractivity contribution in [1.82, 2.24) is 9.34 Å². The van der Waals surface area contributed by atoms with Gasteiger partial charge < -0.3 is 9.47 Å². The van der Waals surface area contributed by atoms with Gasteiger partial charge in [0.1, 0.15) is 0 Å². The molecule has 2 fully saturated rings. The number of hydrogen-bond donors (Lipinski definition) is 0. The molecule has 0 bridgehead atoms. The molecular formula is C11H25N2O3P. The highest BCUT2D eigenvalue weighted by Crippen LogP contribution is 2.49. The predicted molar refractivity (Wildman–Crippen MR) is 69.7 cm³/mol. The van der Waals surface area contributed by atoms with Crippen molar-refractivity contribution in [2.24, 2.45) is 0 Å². The van der Waals surface area contributed by atoms with Crippen molar-refractivity contribution in [1.29, 1.82) is 0 Å². The first kappa shape index (κ1) is 15.1. The zero-order valence-corrected chi connectivity index (χ0v) is 12.1. The van der Waals surface area contributed by atoms with Crippen LogP contribution in [-0.4, -0.2) is 68.6 Å². The van der Waals surface area contributed by atoms with Crippen molar-refractivity contribution in [3.05, 3.63) is 0 Å². The fourth-order valence-corrected chi connectivity index (χ4v) is 4.20. The number of hydrogen-bond acceptors (Lipinski definition) is 3. The van der Waals surface area contributed by atoms with E-state index in [0.717, 1.165) is 26.2 Å². The summed E-state index contributed by atoms with van der Waals surface area (Å²) in [5, 5.41) is 0. The normalized spacial score (nSPS) is 23.9. The van der Waals surface area contributed by atoms with Gasteiger partial charge in [-0.2, -0.15) is 0 Å². The topological polar surface area (TPSA) is 42.0 Å². The minimum Gasteiger partial charge on any atom is -0.379 e. The zero-order valence-electron chi connectivity index (χ0n) is 11.2. The number of ether oxygens (including phenoxy) is 2. The summed E-state index contributed by atoms with van der Waals surface area (Å²) >= 11 is 0. The molecule has 0 aromatic carbocycles. The second-order valence-corrected chi connectivity index (χ2v) is 6.77. The van der Waals surface area contributed by atoms with E-state index in [1.54, 1.807) is 0 Å².